The van der Waals surface area contributed by atoms with Gasteiger partial charge in [0, 0.05) is 6.17 Å². The van der Waals surface area contributed by atoms with E-state index in [4.69, 9.17) is 6.11 Å². The highest BCUT2D eigenvalue weighted by Crippen LogP contribution is 2.29. The number of nitrogens with zero attached hydrogens (tertiary/aromatic N) is 4. The maximum atomic E-state index is 7.62. The normalized spacial score (nSPS) is 19.7. The summed E-state index contributed by atoms with van der Waals surface area (Å²) < 4.78 is 15.3. The second-order valence-corrected chi connectivity index (χ2v) is 4.79. The van der Waals surface area contributed by atoms with Gasteiger partial charge >= 0.3 is 0 Å². The Kier molecular flexibility index (Phi) is 2.55. The van der Waals surface area contributed by atoms with E-state index in [1.165, 1.54) is 0 Å². The summed E-state index contributed by atoms with van der Waals surface area (Å²) in [7, 11) is 0. The predicted molar refractivity (Wildman–Crippen MR) is 66.8 cm³/mol. The Morgan fingerprint density at radius 2 is 2.33 bits per heavy atom. The maximum Gasteiger partial charge on any atom is 0.183 e. The van der Waals surface area contributed by atoms with Crippen molar-refractivity contribution in [2.24, 2.45) is 5.92 Å². The number of hydrogen-bond donors (Lipinski definition) is 0. The van der Waals surface area contributed by atoms with Crippen LogP contribution >= 0.6 is 0 Å². The molecule has 1 atom stereocenters. The number of aromatic nitrogens is 4. The summed E-state index contributed by atoms with van der Waals surface area (Å²) in [6.07, 6.45) is 0.239. The van der Waals surface area contributed by atoms with Gasteiger partial charge in [-0.3, -0.25) is 4.98 Å². The molecule has 2 aromatic rings. The SMILES string of the molecule is [2H]c1cccc(-c2nnc3n2C(C(C)C)COC3)n1. The molecule has 18 heavy (non-hydrogen) atoms. The molecular weight excluding hydrogens is 228 g/mol. The van der Waals surface area contributed by atoms with Crippen molar-refractivity contribution in [1.82, 2.24) is 19.7 Å². The van der Waals surface area contributed by atoms with Gasteiger partial charge in [-0.2, -0.15) is 0 Å². The first-order valence-electron chi connectivity index (χ1n) is 6.62. The van der Waals surface area contributed by atoms with Crippen LogP contribution in [0.4, 0.5) is 0 Å². The van der Waals surface area contributed by atoms with Crippen molar-refractivity contribution in [2.75, 3.05) is 6.61 Å². The van der Waals surface area contributed by atoms with Crippen LogP contribution in [0.2, 0.25) is 0 Å². The summed E-state index contributed by atoms with van der Waals surface area (Å²) in [5.41, 5.74) is 0.693. The van der Waals surface area contributed by atoms with Gasteiger partial charge in [0.15, 0.2) is 11.6 Å². The van der Waals surface area contributed by atoms with E-state index in [2.05, 4.69) is 33.6 Å². The number of rotatable bonds is 2. The second-order valence-electron chi connectivity index (χ2n) is 4.79. The maximum absolute atomic E-state index is 7.62. The molecule has 0 saturated heterocycles. The third kappa shape index (κ3) is 1.80. The molecule has 1 aliphatic heterocycles. The van der Waals surface area contributed by atoms with Gasteiger partial charge in [0.1, 0.15) is 12.3 Å². The summed E-state index contributed by atoms with van der Waals surface area (Å²) >= 11 is 0. The smallest absolute Gasteiger partial charge is 0.183 e. The molecule has 0 amide bonds. The molecule has 2 aromatic heterocycles. The average molecular weight is 245 g/mol. The Bertz CT molecular complexity index is 596. The number of hydrogen-bond acceptors (Lipinski definition) is 4. The van der Waals surface area contributed by atoms with Crippen LogP contribution in [0.1, 0.15) is 27.1 Å². The molecule has 1 unspecified atom stereocenters. The third-order valence-corrected chi connectivity index (χ3v) is 3.23. The second kappa shape index (κ2) is 4.49. The van der Waals surface area contributed by atoms with Crippen LogP contribution in [0.25, 0.3) is 11.5 Å². The van der Waals surface area contributed by atoms with E-state index in [1.54, 1.807) is 6.07 Å². The monoisotopic (exact) mass is 245 g/mol. The van der Waals surface area contributed by atoms with Gasteiger partial charge in [-0.15, -0.1) is 10.2 Å². The molecule has 0 spiro atoms. The standard InChI is InChI=1S/C13H16N4O/c1-9(2)11-7-18-8-12-15-16-13(17(11)12)10-5-3-4-6-14-10/h3-6,9,11H,7-8H2,1-2H3/i6D. The lowest BCUT2D eigenvalue weighted by molar-refractivity contribution is 0.0404. The van der Waals surface area contributed by atoms with Crippen LogP contribution in [0.15, 0.2) is 24.4 Å². The molecule has 0 fully saturated rings. The zero-order valence-electron chi connectivity index (χ0n) is 11.5. The molecule has 3 rings (SSSR count). The highest BCUT2D eigenvalue weighted by molar-refractivity contribution is 5.49. The van der Waals surface area contributed by atoms with Crippen molar-refractivity contribution < 1.29 is 6.11 Å². The molecule has 1 aliphatic rings. The highest BCUT2D eigenvalue weighted by atomic mass is 16.5. The van der Waals surface area contributed by atoms with Crippen molar-refractivity contribution in [2.45, 2.75) is 26.5 Å². The van der Waals surface area contributed by atoms with Gasteiger partial charge in [0.25, 0.3) is 0 Å². The van der Waals surface area contributed by atoms with E-state index in [0.29, 0.717) is 24.8 Å². The fourth-order valence-corrected chi connectivity index (χ4v) is 2.23. The number of pyridine rings is 1. The Morgan fingerprint density at radius 3 is 3.11 bits per heavy atom. The summed E-state index contributed by atoms with van der Waals surface area (Å²) in [4.78, 5) is 4.22. The van der Waals surface area contributed by atoms with Crippen LogP contribution < -0.4 is 0 Å². The van der Waals surface area contributed by atoms with Crippen molar-refractivity contribution in [3.05, 3.63) is 30.2 Å². The van der Waals surface area contributed by atoms with Crippen LogP contribution in [0, 0.1) is 5.92 Å². The van der Waals surface area contributed by atoms with Gasteiger partial charge in [0.05, 0.1) is 14.0 Å². The fourth-order valence-electron chi connectivity index (χ4n) is 2.23. The van der Waals surface area contributed by atoms with E-state index in [-0.39, 0.29) is 12.2 Å². The summed E-state index contributed by atoms with van der Waals surface area (Å²) in [6, 6.07) is 5.54. The lowest BCUT2D eigenvalue weighted by Crippen LogP contribution is -2.28. The molecule has 0 saturated carbocycles. The number of fused-ring (bicyclic) bond motifs is 1. The summed E-state index contributed by atoms with van der Waals surface area (Å²) in [5, 5.41) is 8.41. The lowest BCUT2D eigenvalue weighted by Gasteiger charge is -2.28. The molecular formula is C13H16N4O. The van der Waals surface area contributed by atoms with Gasteiger partial charge in [-0.25, -0.2) is 0 Å². The zero-order chi connectivity index (χ0) is 13.4. The van der Waals surface area contributed by atoms with Crippen molar-refractivity contribution in [1.29, 1.82) is 0 Å². The fraction of sp³-hybridized carbons (Fsp3) is 0.462. The van der Waals surface area contributed by atoms with Crippen molar-refractivity contribution >= 4 is 0 Å². The highest BCUT2D eigenvalue weighted by Gasteiger charge is 2.28. The minimum Gasteiger partial charge on any atom is -0.371 e. The molecule has 5 heteroatoms. The molecule has 0 N–H and O–H groups in total. The molecule has 94 valence electrons. The minimum absolute atomic E-state index is 0.213. The first-order valence-corrected chi connectivity index (χ1v) is 6.12. The molecule has 0 radical (unpaired) electrons. The van der Waals surface area contributed by atoms with E-state index >= 15 is 0 Å². The van der Waals surface area contributed by atoms with Crippen LogP contribution in [-0.4, -0.2) is 26.4 Å². The van der Waals surface area contributed by atoms with E-state index in [1.807, 2.05) is 12.1 Å². The van der Waals surface area contributed by atoms with E-state index in [0.717, 1.165) is 11.6 Å². The van der Waals surface area contributed by atoms with E-state index < -0.39 is 0 Å². The summed E-state index contributed by atoms with van der Waals surface area (Å²) in [6.45, 7) is 5.45. The Hall–Kier alpha value is -1.75. The van der Waals surface area contributed by atoms with Gasteiger partial charge < -0.3 is 9.30 Å². The molecule has 5 nitrogen and oxygen atoms in total. The van der Waals surface area contributed by atoms with E-state index in [9.17, 15) is 0 Å². The molecule has 0 aromatic carbocycles. The molecule has 0 aliphatic carbocycles. The first-order chi connectivity index (χ1) is 9.16. The zero-order valence-corrected chi connectivity index (χ0v) is 10.5. The van der Waals surface area contributed by atoms with Crippen molar-refractivity contribution in [3.8, 4) is 11.5 Å². The van der Waals surface area contributed by atoms with Gasteiger partial charge in [-0.1, -0.05) is 19.9 Å². The van der Waals surface area contributed by atoms with Crippen LogP contribution in [0.3, 0.4) is 0 Å². The van der Waals surface area contributed by atoms with Gasteiger partial charge in [0.2, 0.25) is 0 Å². The van der Waals surface area contributed by atoms with Crippen LogP contribution in [-0.2, 0) is 11.3 Å². The van der Waals surface area contributed by atoms with Gasteiger partial charge in [-0.05, 0) is 18.1 Å². The first kappa shape index (κ1) is 10.2. The minimum atomic E-state index is 0.213. The topological polar surface area (TPSA) is 52.8 Å². The largest absolute Gasteiger partial charge is 0.371 e. The van der Waals surface area contributed by atoms with Crippen molar-refractivity contribution in [3.63, 3.8) is 0 Å². The Balaban J connectivity index is 2.11. The number of ether oxygens (including phenoxy) is 1. The Morgan fingerprint density at radius 1 is 1.44 bits per heavy atom. The molecule has 3 heterocycles. The molecule has 0 bridgehead atoms. The third-order valence-electron chi connectivity index (χ3n) is 3.23. The predicted octanol–water partition coefficient (Wildman–Crippen LogP) is 2.07. The Labute approximate surface area is 107 Å². The lowest BCUT2D eigenvalue weighted by atomic mass is 10.0. The quantitative estimate of drug-likeness (QED) is 0.812. The van der Waals surface area contributed by atoms with Crippen LogP contribution in [0.5, 0.6) is 0 Å². The average Bonchev–Trinajstić information content (AvgIpc) is 2.82. The summed E-state index contributed by atoms with van der Waals surface area (Å²) in [5.74, 6) is 1.98.